The number of nitrogens with one attached hydrogen (secondary N) is 1. The van der Waals surface area contributed by atoms with Crippen molar-refractivity contribution in [2.45, 2.75) is 10.3 Å². The molecule has 1 aliphatic heterocycles. The summed E-state index contributed by atoms with van der Waals surface area (Å²) in [5, 5.41) is 11.5. The topological polar surface area (TPSA) is 95.8 Å². The first kappa shape index (κ1) is 16.5. The summed E-state index contributed by atoms with van der Waals surface area (Å²) in [4.78, 5) is 16.4. The number of rotatable bonds is 3. The van der Waals surface area contributed by atoms with Crippen molar-refractivity contribution in [2.24, 2.45) is 4.99 Å². The van der Waals surface area contributed by atoms with Gasteiger partial charge in [-0.3, -0.25) is 4.79 Å². The second kappa shape index (κ2) is 6.66. The van der Waals surface area contributed by atoms with Crippen LogP contribution in [0.3, 0.4) is 0 Å². The van der Waals surface area contributed by atoms with Crippen molar-refractivity contribution in [1.29, 1.82) is 0 Å². The van der Waals surface area contributed by atoms with E-state index in [0.29, 0.717) is 0 Å². The summed E-state index contributed by atoms with van der Waals surface area (Å²) < 4.78 is 25.0. The predicted octanol–water partition coefficient (Wildman–Crippen LogP) is 2.02. The van der Waals surface area contributed by atoms with Crippen LogP contribution in [0.25, 0.3) is 0 Å². The van der Waals surface area contributed by atoms with Gasteiger partial charge in [-0.15, -0.1) is 0 Å². The molecule has 1 atom stereocenters. The summed E-state index contributed by atoms with van der Waals surface area (Å²) in [6, 6.07) is 14.2. The molecule has 0 radical (unpaired) electrons. The molecule has 2 N–H and O–H groups in total. The zero-order valence-corrected chi connectivity index (χ0v) is 14.0. The molecule has 3 rings (SSSR count). The number of thioether (sulfide) groups is 1. The fourth-order valence-corrected chi connectivity index (χ4v) is 5.00. The average molecular weight is 362 g/mol. The highest BCUT2D eigenvalue weighted by atomic mass is 32.2. The Morgan fingerprint density at radius 1 is 1.12 bits per heavy atom. The Morgan fingerprint density at radius 3 is 2.50 bits per heavy atom. The van der Waals surface area contributed by atoms with E-state index in [2.05, 4.69) is 10.3 Å². The summed E-state index contributed by atoms with van der Waals surface area (Å²) in [6.45, 7) is 0. The van der Waals surface area contributed by atoms with Crippen LogP contribution in [0.15, 0.2) is 64.5 Å². The highest BCUT2D eigenvalue weighted by molar-refractivity contribution is 8.14. The minimum absolute atomic E-state index is 0.107. The van der Waals surface area contributed by atoms with Crippen LogP contribution in [0.1, 0.15) is 10.4 Å². The number of carbonyl (C=O) groups is 1. The van der Waals surface area contributed by atoms with Crippen molar-refractivity contribution in [3.05, 3.63) is 60.2 Å². The number of amidine groups is 1. The molecule has 124 valence electrons. The van der Waals surface area contributed by atoms with E-state index in [-0.39, 0.29) is 27.1 Å². The van der Waals surface area contributed by atoms with Crippen LogP contribution in [0, 0.1) is 0 Å². The van der Waals surface area contributed by atoms with Gasteiger partial charge in [0.15, 0.2) is 10.5 Å². The molecule has 1 unspecified atom stereocenters. The van der Waals surface area contributed by atoms with Crippen molar-refractivity contribution in [3.8, 4) is 5.75 Å². The van der Waals surface area contributed by atoms with Crippen LogP contribution in [-0.2, 0) is 9.84 Å². The number of para-hydroxylation sites is 1. The Hall–Kier alpha value is -2.32. The Kier molecular flexibility index (Phi) is 4.59. The van der Waals surface area contributed by atoms with E-state index in [1.165, 1.54) is 24.3 Å². The highest BCUT2D eigenvalue weighted by Gasteiger charge is 2.32. The number of sulfone groups is 1. The molecule has 0 aliphatic carbocycles. The van der Waals surface area contributed by atoms with E-state index in [1.807, 2.05) is 0 Å². The van der Waals surface area contributed by atoms with E-state index in [4.69, 9.17) is 0 Å². The molecule has 2 aromatic rings. The smallest absolute Gasteiger partial charge is 0.260 e. The molecule has 0 aromatic heterocycles. The first-order chi connectivity index (χ1) is 11.5. The number of benzene rings is 2. The second-order valence-electron chi connectivity index (χ2n) is 5.03. The second-order valence-corrected chi connectivity index (χ2v) is 8.14. The molecule has 1 heterocycles. The van der Waals surface area contributed by atoms with Gasteiger partial charge < -0.3 is 10.4 Å². The highest BCUT2D eigenvalue weighted by Crippen LogP contribution is 2.26. The minimum Gasteiger partial charge on any atom is -0.507 e. The van der Waals surface area contributed by atoms with Crippen molar-refractivity contribution in [2.75, 3.05) is 5.75 Å². The minimum atomic E-state index is -3.59. The first-order valence-electron chi connectivity index (χ1n) is 7.07. The molecule has 24 heavy (non-hydrogen) atoms. The van der Waals surface area contributed by atoms with E-state index in [9.17, 15) is 18.3 Å². The number of carbonyl (C=O) groups excluding carboxylic acids is 1. The van der Waals surface area contributed by atoms with Gasteiger partial charge >= 0.3 is 0 Å². The maximum atomic E-state index is 12.5. The van der Waals surface area contributed by atoms with Gasteiger partial charge in [-0.25, -0.2) is 13.4 Å². The summed E-state index contributed by atoms with van der Waals surface area (Å²) in [5.41, 5.74) is 0.107. The number of nitrogens with zero attached hydrogens (tertiary/aromatic N) is 1. The fourth-order valence-electron chi connectivity index (χ4n) is 2.18. The van der Waals surface area contributed by atoms with Crippen LogP contribution >= 0.6 is 11.8 Å². The maximum Gasteiger partial charge on any atom is 0.260 e. The van der Waals surface area contributed by atoms with Crippen molar-refractivity contribution < 1.29 is 18.3 Å². The molecule has 0 saturated carbocycles. The van der Waals surface area contributed by atoms with E-state index in [1.54, 1.807) is 30.3 Å². The van der Waals surface area contributed by atoms with Crippen molar-refractivity contribution in [3.63, 3.8) is 0 Å². The molecule has 1 amide bonds. The number of aromatic hydroxyl groups is 1. The van der Waals surface area contributed by atoms with E-state index in [0.717, 1.165) is 11.8 Å². The van der Waals surface area contributed by atoms with E-state index < -0.39 is 21.1 Å². The van der Waals surface area contributed by atoms with E-state index >= 15 is 0 Å². The number of phenolic OH excluding ortho intramolecular Hbond substituents is 1. The lowest BCUT2D eigenvalue weighted by molar-refractivity contribution is 0.0975. The van der Waals surface area contributed by atoms with Crippen molar-refractivity contribution >= 4 is 32.7 Å². The number of hydrogen-bond acceptors (Lipinski definition) is 6. The number of phenols is 1. The quantitative estimate of drug-likeness (QED) is 0.871. The monoisotopic (exact) mass is 362 g/mol. The fraction of sp³-hybridized carbons (Fsp3) is 0.125. The summed E-state index contributed by atoms with van der Waals surface area (Å²) in [6.07, 6.45) is 0. The molecular weight excluding hydrogens is 348 g/mol. The SMILES string of the molecule is O=C(NC1=NC(S(=O)(=O)c2ccccc2)CS1)c1ccccc1O. The average Bonchev–Trinajstić information content (AvgIpc) is 3.05. The Labute approximate surface area is 143 Å². The molecule has 8 heteroatoms. The standard InChI is InChI=1S/C16H14N2O4S2/c19-13-9-5-4-8-12(13)15(20)18-16-17-14(10-23-16)24(21,22)11-6-2-1-3-7-11/h1-9,14,19H,10H2,(H,17,18,20). The Morgan fingerprint density at radius 2 is 1.79 bits per heavy atom. The largest absolute Gasteiger partial charge is 0.507 e. The van der Waals surface area contributed by atoms with Gasteiger partial charge in [0.05, 0.1) is 10.5 Å². The van der Waals surface area contributed by atoms with Crippen molar-refractivity contribution in [1.82, 2.24) is 5.32 Å². The van der Waals surface area contributed by atoms with Gasteiger partial charge in [-0.2, -0.15) is 0 Å². The Bertz CT molecular complexity index is 895. The van der Waals surface area contributed by atoms with Gasteiger partial charge in [0.1, 0.15) is 5.75 Å². The van der Waals surface area contributed by atoms with Crippen LogP contribution in [0.4, 0.5) is 0 Å². The van der Waals surface area contributed by atoms with Gasteiger partial charge in [0.2, 0.25) is 9.84 Å². The number of hydrogen-bond donors (Lipinski definition) is 2. The molecule has 0 saturated heterocycles. The lowest BCUT2D eigenvalue weighted by atomic mass is 10.2. The van der Waals surface area contributed by atoms with Crippen LogP contribution in [0.5, 0.6) is 5.75 Å². The zero-order valence-electron chi connectivity index (χ0n) is 12.4. The third-order valence-electron chi connectivity index (χ3n) is 3.42. The maximum absolute atomic E-state index is 12.5. The summed E-state index contributed by atoms with van der Waals surface area (Å²) in [5.74, 6) is -0.447. The van der Waals surface area contributed by atoms with Gasteiger partial charge in [-0.1, -0.05) is 42.1 Å². The van der Waals surface area contributed by atoms with Crippen LogP contribution in [0.2, 0.25) is 0 Å². The normalized spacial score (nSPS) is 17.3. The lowest BCUT2D eigenvalue weighted by Gasteiger charge is -2.07. The third-order valence-corrected chi connectivity index (χ3v) is 6.51. The number of amides is 1. The number of aliphatic imine (C=N–C) groups is 1. The third kappa shape index (κ3) is 3.29. The molecule has 1 aliphatic rings. The zero-order chi connectivity index (χ0) is 17.2. The predicted molar refractivity (Wildman–Crippen MR) is 92.9 cm³/mol. The molecule has 2 aromatic carbocycles. The lowest BCUT2D eigenvalue weighted by Crippen LogP contribution is -2.27. The Balaban J connectivity index is 1.77. The van der Waals surface area contributed by atoms with Crippen LogP contribution in [-0.4, -0.2) is 35.7 Å². The molecule has 0 bridgehead atoms. The van der Waals surface area contributed by atoms with Crippen LogP contribution < -0.4 is 5.32 Å². The summed E-state index contributed by atoms with van der Waals surface area (Å²) >= 11 is 1.16. The first-order valence-corrected chi connectivity index (χ1v) is 9.60. The van der Waals surface area contributed by atoms with Gasteiger partial charge in [-0.05, 0) is 24.3 Å². The van der Waals surface area contributed by atoms with Gasteiger partial charge in [0, 0.05) is 5.75 Å². The molecular formula is C16H14N2O4S2. The molecule has 0 fully saturated rings. The molecule has 6 nitrogen and oxygen atoms in total. The molecule has 0 spiro atoms. The van der Waals surface area contributed by atoms with Gasteiger partial charge in [0.25, 0.3) is 5.91 Å². The summed E-state index contributed by atoms with van der Waals surface area (Å²) in [7, 11) is -3.59.